The second-order valence-corrected chi connectivity index (χ2v) is 9.57. The maximum Gasteiger partial charge on any atom is 0.303 e. The van der Waals surface area contributed by atoms with Gasteiger partial charge >= 0.3 is 5.97 Å². The van der Waals surface area contributed by atoms with Crippen molar-refractivity contribution in [1.29, 1.82) is 0 Å². The molecule has 7 atom stereocenters. The Morgan fingerprint density at radius 3 is 2.67 bits per heavy atom. The molecule has 3 saturated heterocycles. The third kappa shape index (κ3) is 7.60. The highest BCUT2D eigenvalue weighted by Gasteiger charge is 2.55. The van der Waals surface area contributed by atoms with E-state index in [4.69, 9.17) is 18.9 Å². The van der Waals surface area contributed by atoms with Crippen molar-refractivity contribution in [2.75, 3.05) is 13.2 Å². The molecule has 7 heteroatoms. The molecule has 0 aliphatic carbocycles. The first-order chi connectivity index (χ1) is 15.7. The molecule has 0 aromatic heterocycles. The predicted octanol–water partition coefficient (Wildman–Crippen LogP) is 3.45. The first-order valence-corrected chi connectivity index (χ1v) is 12.0. The van der Waals surface area contributed by atoms with E-state index in [1.54, 1.807) is 13.0 Å². The first kappa shape index (κ1) is 25.8. The molecule has 3 aliphatic heterocycles. The summed E-state index contributed by atoms with van der Waals surface area (Å²) in [5, 5.41) is 10.4. The Balaban J connectivity index is 1.40. The average Bonchev–Trinajstić information content (AvgIpc) is 3.53. The quantitative estimate of drug-likeness (QED) is 0.243. The van der Waals surface area contributed by atoms with Crippen molar-refractivity contribution < 1.29 is 33.6 Å². The molecule has 0 aromatic carbocycles. The van der Waals surface area contributed by atoms with Gasteiger partial charge in [0.1, 0.15) is 23.9 Å². The molecule has 3 aliphatic rings. The molecule has 1 unspecified atom stereocenters. The Labute approximate surface area is 196 Å². The number of carbonyl (C=O) groups is 2. The van der Waals surface area contributed by atoms with Crippen molar-refractivity contribution in [1.82, 2.24) is 0 Å². The average molecular weight is 463 g/mol. The van der Waals surface area contributed by atoms with Crippen molar-refractivity contribution in [3.63, 3.8) is 0 Å². The summed E-state index contributed by atoms with van der Waals surface area (Å²) >= 11 is 0. The number of carbonyl (C=O) groups excluding carboxylic acids is 2. The largest absolute Gasteiger partial charge is 0.459 e. The van der Waals surface area contributed by atoms with Gasteiger partial charge in [0, 0.05) is 19.8 Å². The summed E-state index contributed by atoms with van der Waals surface area (Å²) in [6.45, 7) is 8.37. The van der Waals surface area contributed by atoms with E-state index < -0.39 is 12.2 Å². The summed E-state index contributed by atoms with van der Waals surface area (Å²) in [5.41, 5.74) is 0.716. The number of allylic oxidation sites excluding steroid dienone is 3. The third-order valence-corrected chi connectivity index (χ3v) is 6.75. The minimum Gasteiger partial charge on any atom is -0.459 e. The number of rotatable bonds is 9. The van der Waals surface area contributed by atoms with Crippen LogP contribution in [0.3, 0.4) is 0 Å². The second kappa shape index (κ2) is 11.6. The minimum absolute atomic E-state index is 0.0109. The van der Waals surface area contributed by atoms with Gasteiger partial charge in [-0.05, 0) is 58.1 Å². The van der Waals surface area contributed by atoms with Crippen LogP contribution in [0.2, 0.25) is 0 Å². The van der Waals surface area contributed by atoms with Gasteiger partial charge in [0.2, 0.25) is 0 Å². The molecule has 7 nitrogen and oxygen atoms in total. The predicted molar refractivity (Wildman–Crippen MR) is 124 cm³/mol. The van der Waals surface area contributed by atoms with E-state index in [-0.39, 0.29) is 41.6 Å². The molecule has 3 rings (SSSR count). The van der Waals surface area contributed by atoms with Crippen LogP contribution in [0.15, 0.2) is 36.0 Å². The summed E-state index contributed by atoms with van der Waals surface area (Å²) in [6.07, 6.45) is 11.8. The fourth-order valence-electron chi connectivity index (χ4n) is 4.54. The van der Waals surface area contributed by atoms with Gasteiger partial charge in [0.25, 0.3) is 0 Å². The van der Waals surface area contributed by atoms with Crippen LogP contribution in [-0.2, 0) is 28.5 Å². The molecular weight excluding hydrogens is 424 g/mol. The molecule has 3 fully saturated rings. The topological polar surface area (TPSA) is 94.6 Å². The van der Waals surface area contributed by atoms with E-state index in [1.807, 2.05) is 26.0 Å². The molecule has 33 heavy (non-hydrogen) atoms. The molecule has 0 amide bonds. The Morgan fingerprint density at radius 2 is 2.00 bits per heavy atom. The van der Waals surface area contributed by atoms with Crippen LogP contribution in [0.5, 0.6) is 0 Å². The molecule has 0 bridgehead atoms. The Hall–Kier alpha value is -1.80. The van der Waals surface area contributed by atoms with Crippen molar-refractivity contribution >= 4 is 11.8 Å². The maximum atomic E-state index is 12.3. The molecular formula is C26H38O7. The summed E-state index contributed by atoms with van der Waals surface area (Å²) in [6, 6.07) is 0. The lowest BCUT2D eigenvalue weighted by Crippen LogP contribution is -2.46. The fourth-order valence-corrected chi connectivity index (χ4v) is 4.54. The van der Waals surface area contributed by atoms with Crippen LogP contribution in [0, 0.1) is 5.92 Å². The maximum absolute atomic E-state index is 12.3. The van der Waals surface area contributed by atoms with E-state index >= 15 is 0 Å². The highest BCUT2D eigenvalue weighted by atomic mass is 16.6. The van der Waals surface area contributed by atoms with Crippen LogP contribution in [0.4, 0.5) is 0 Å². The van der Waals surface area contributed by atoms with Gasteiger partial charge in [-0.25, -0.2) is 0 Å². The standard InChI is InChI=1S/C26H38O7/c1-17(6-12-24-25(29)26(16-31-26)13-14-30-24)5-10-23-11-8-21(19(3)33-23)15-22(28)9-7-18(2)32-20(4)27/h5-7,9,12,18-19,21,23-25,29H,8,10-11,13-16H2,1-4H3/b9-7-,12-6+,17-5+/t18-,19+,21-,23-,24?,25+,26+/m0/s1. The van der Waals surface area contributed by atoms with E-state index in [1.165, 1.54) is 13.0 Å². The number of aliphatic hydroxyl groups is 1. The number of ether oxygens (including phenoxy) is 4. The van der Waals surface area contributed by atoms with Gasteiger partial charge in [0.05, 0.1) is 25.4 Å². The second-order valence-electron chi connectivity index (χ2n) is 9.57. The van der Waals surface area contributed by atoms with Crippen LogP contribution >= 0.6 is 0 Å². The van der Waals surface area contributed by atoms with Gasteiger partial charge in [0.15, 0.2) is 5.78 Å². The highest BCUT2D eigenvalue weighted by Crippen LogP contribution is 2.40. The van der Waals surface area contributed by atoms with Crippen molar-refractivity contribution in [2.45, 2.75) is 95.9 Å². The molecule has 184 valence electrons. The smallest absolute Gasteiger partial charge is 0.303 e. The van der Waals surface area contributed by atoms with Gasteiger partial charge in [-0.15, -0.1) is 0 Å². The zero-order chi connectivity index (χ0) is 24.0. The number of hydrogen-bond acceptors (Lipinski definition) is 7. The Kier molecular flexibility index (Phi) is 9.04. The summed E-state index contributed by atoms with van der Waals surface area (Å²) in [5.74, 6) is -0.144. The van der Waals surface area contributed by atoms with Crippen molar-refractivity contribution in [3.8, 4) is 0 Å². The number of aliphatic hydroxyl groups excluding tert-OH is 1. The van der Waals surface area contributed by atoms with E-state index in [0.717, 1.165) is 31.3 Å². The molecule has 1 N–H and O–H groups in total. The SMILES string of the molecule is CC(=O)O[C@@H](C)/C=C\C(=O)C[C@@H]1CC[C@H](C/C=C(C)/C=C/C2OCC[C@@]3(CO3)[C@@H]2O)O[C@@H]1C. The van der Waals surface area contributed by atoms with Crippen molar-refractivity contribution in [3.05, 3.63) is 36.0 Å². The number of ketones is 1. The van der Waals surface area contributed by atoms with E-state index in [0.29, 0.717) is 19.6 Å². The number of hydrogen-bond donors (Lipinski definition) is 1. The van der Waals surface area contributed by atoms with Gasteiger partial charge in [-0.2, -0.15) is 0 Å². The number of epoxide rings is 1. The Morgan fingerprint density at radius 1 is 1.24 bits per heavy atom. The van der Waals surface area contributed by atoms with E-state index in [9.17, 15) is 14.7 Å². The zero-order valence-corrected chi connectivity index (χ0v) is 20.2. The lowest BCUT2D eigenvalue weighted by molar-refractivity contribution is -0.143. The molecule has 0 radical (unpaired) electrons. The van der Waals surface area contributed by atoms with Crippen LogP contribution in [0.1, 0.15) is 59.8 Å². The van der Waals surface area contributed by atoms with Gasteiger partial charge < -0.3 is 24.1 Å². The minimum atomic E-state index is -0.614. The molecule has 3 heterocycles. The fraction of sp³-hybridized carbons (Fsp3) is 0.692. The highest BCUT2D eigenvalue weighted by molar-refractivity contribution is 5.89. The third-order valence-electron chi connectivity index (χ3n) is 6.75. The molecule has 0 aromatic rings. The van der Waals surface area contributed by atoms with Crippen LogP contribution in [0.25, 0.3) is 0 Å². The Bertz CT molecular complexity index is 780. The van der Waals surface area contributed by atoms with Crippen LogP contribution in [-0.4, -0.2) is 66.2 Å². The van der Waals surface area contributed by atoms with Crippen LogP contribution < -0.4 is 0 Å². The molecule has 1 spiro atoms. The number of esters is 1. The van der Waals surface area contributed by atoms with E-state index in [2.05, 4.69) is 6.08 Å². The zero-order valence-electron chi connectivity index (χ0n) is 20.2. The summed E-state index contributed by atoms with van der Waals surface area (Å²) in [7, 11) is 0. The lowest BCUT2D eigenvalue weighted by atomic mass is 9.87. The lowest BCUT2D eigenvalue weighted by Gasteiger charge is -2.34. The van der Waals surface area contributed by atoms with Gasteiger partial charge in [-0.3, -0.25) is 9.59 Å². The monoisotopic (exact) mass is 462 g/mol. The van der Waals surface area contributed by atoms with Crippen molar-refractivity contribution in [2.24, 2.45) is 5.92 Å². The summed E-state index contributed by atoms with van der Waals surface area (Å²) < 4.78 is 22.3. The summed E-state index contributed by atoms with van der Waals surface area (Å²) in [4.78, 5) is 23.2. The normalized spacial score (nSPS) is 35.8. The van der Waals surface area contributed by atoms with Gasteiger partial charge in [-0.1, -0.05) is 23.8 Å². The molecule has 0 saturated carbocycles. The first-order valence-electron chi connectivity index (χ1n) is 12.0.